The average molecular weight is 344 g/mol. The maximum absolute atomic E-state index is 12.8. The van der Waals surface area contributed by atoms with Gasteiger partial charge in [0, 0.05) is 31.9 Å². The highest BCUT2D eigenvalue weighted by molar-refractivity contribution is 5.95. The van der Waals surface area contributed by atoms with Gasteiger partial charge in [-0.1, -0.05) is 0 Å². The summed E-state index contributed by atoms with van der Waals surface area (Å²) in [5.41, 5.74) is 0.666. The number of hydrogen-bond acceptors (Lipinski definition) is 6. The van der Waals surface area contributed by atoms with E-state index in [2.05, 4.69) is 15.2 Å². The molecule has 2 saturated heterocycles. The van der Waals surface area contributed by atoms with Crippen LogP contribution in [0.25, 0.3) is 0 Å². The Morgan fingerprint density at radius 1 is 1.36 bits per heavy atom. The summed E-state index contributed by atoms with van der Waals surface area (Å²) < 4.78 is 5.83. The second kappa shape index (κ2) is 5.57. The fourth-order valence-electron chi connectivity index (χ4n) is 4.27. The van der Waals surface area contributed by atoms with E-state index >= 15 is 0 Å². The molecule has 0 radical (unpaired) electrons. The standard InChI is InChI=1S/C18H24N4O3/c23-15-2-1-6-22(15)13-3-7-21(10-13)17(24)12-8-14-16(19-9-12)20-18(4-5-18)11-25-14/h8-9,13,15,23H,1-7,10-11H2,(H,19,20)/t13-,15?/m0/s1. The summed E-state index contributed by atoms with van der Waals surface area (Å²) in [6.45, 7) is 2.98. The zero-order chi connectivity index (χ0) is 17.0. The van der Waals surface area contributed by atoms with Crippen molar-refractivity contribution in [2.75, 3.05) is 31.6 Å². The second-order valence-corrected chi connectivity index (χ2v) is 7.82. The minimum atomic E-state index is -0.348. The third-order valence-corrected chi connectivity index (χ3v) is 6.02. The highest BCUT2D eigenvalue weighted by Crippen LogP contribution is 2.44. The normalized spacial score (nSPS) is 30.0. The van der Waals surface area contributed by atoms with Crippen LogP contribution in [-0.2, 0) is 0 Å². The van der Waals surface area contributed by atoms with E-state index in [4.69, 9.17) is 4.74 Å². The molecule has 1 aromatic rings. The van der Waals surface area contributed by atoms with Crippen molar-refractivity contribution in [2.24, 2.45) is 0 Å². The van der Waals surface area contributed by atoms with Gasteiger partial charge in [0.05, 0.1) is 11.1 Å². The molecule has 1 unspecified atom stereocenters. The molecule has 1 spiro atoms. The monoisotopic (exact) mass is 344 g/mol. The molecule has 7 heteroatoms. The Morgan fingerprint density at radius 2 is 2.24 bits per heavy atom. The quantitative estimate of drug-likeness (QED) is 0.835. The summed E-state index contributed by atoms with van der Waals surface area (Å²) in [5.74, 6) is 1.43. The summed E-state index contributed by atoms with van der Waals surface area (Å²) in [6, 6.07) is 2.07. The maximum atomic E-state index is 12.8. The molecule has 1 aliphatic carbocycles. The number of aromatic nitrogens is 1. The average Bonchev–Trinajstić information content (AvgIpc) is 3.02. The van der Waals surface area contributed by atoms with Crippen LogP contribution in [0.5, 0.6) is 5.75 Å². The predicted octanol–water partition coefficient (Wildman–Crippen LogP) is 1.05. The fraction of sp³-hybridized carbons (Fsp3) is 0.667. The van der Waals surface area contributed by atoms with Crippen LogP contribution in [0, 0.1) is 0 Å². The summed E-state index contributed by atoms with van der Waals surface area (Å²) >= 11 is 0. The van der Waals surface area contributed by atoms with Gasteiger partial charge in [-0.3, -0.25) is 9.69 Å². The van der Waals surface area contributed by atoms with E-state index in [-0.39, 0.29) is 23.7 Å². The van der Waals surface area contributed by atoms with E-state index in [1.807, 2.05) is 11.0 Å². The topological polar surface area (TPSA) is 77.9 Å². The summed E-state index contributed by atoms with van der Waals surface area (Å²) in [7, 11) is 0. The van der Waals surface area contributed by atoms with Gasteiger partial charge in [-0.2, -0.15) is 0 Å². The number of carbonyl (C=O) groups excluding carboxylic acids is 1. The van der Waals surface area contributed by atoms with Crippen LogP contribution in [0.4, 0.5) is 5.82 Å². The van der Waals surface area contributed by atoms with E-state index in [0.717, 1.165) is 51.0 Å². The molecular weight excluding hydrogens is 320 g/mol. The van der Waals surface area contributed by atoms with Crippen molar-refractivity contribution in [3.8, 4) is 5.75 Å². The van der Waals surface area contributed by atoms with Crippen molar-refractivity contribution < 1.29 is 14.6 Å². The summed E-state index contributed by atoms with van der Waals surface area (Å²) in [6.07, 6.45) is 6.33. The molecule has 4 heterocycles. The molecule has 25 heavy (non-hydrogen) atoms. The lowest BCUT2D eigenvalue weighted by molar-refractivity contribution is 0.0109. The molecule has 2 atom stereocenters. The molecule has 4 aliphatic rings. The Kier molecular flexibility index (Phi) is 3.43. The number of aliphatic hydroxyl groups excluding tert-OH is 1. The molecule has 1 amide bonds. The van der Waals surface area contributed by atoms with Crippen molar-refractivity contribution in [3.05, 3.63) is 17.8 Å². The lowest BCUT2D eigenvalue weighted by atomic mass is 10.2. The molecular formula is C18H24N4O3. The SMILES string of the molecule is O=C(c1cnc2c(c1)OCC1(CC1)N2)N1CC[C@H](N2CCCC2O)C1. The van der Waals surface area contributed by atoms with Gasteiger partial charge in [-0.25, -0.2) is 4.98 Å². The Hall–Kier alpha value is -1.86. The number of rotatable bonds is 2. The van der Waals surface area contributed by atoms with Gasteiger partial charge in [-0.05, 0) is 38.2 Å². The lowest BCUT2D eigenvalue weighted by Crippen LogP contribution is -2.41. The van der Waals surface area contributed by atoms with Crippen molar-refractivity contribution in [1.29, 1.82) is 0 Å². The first-order valence-corrected chi connectivity index (χ1v) is 9.28. The predicted molar refractivity (Wildman–Crippen MR) is 91.6 cm³/mol. The highest BCUT2D eigenvalue weighted by Gasteiger charge is 2.47. The van der Waals surface area contributed by atoms with E-state index in [1.54, 1.807) is 6.20 Å². The van der Waals surface area contributed by atoms with Crippen LogP contribution in [0.2, 0.25) is 0 Å². The first-order chi connectivity index (χ1) is 12.1. The molecule has 5 rings (SSSR count). The van der Waals surface area contributed by atoms with Crippen LogP contribution < -0.4 is 10.1 Å². The number of carbonyl (C=O) groups is 1. The number of likely N-dealkylation sites (tertiary alicyclic amines) is 2. The van der Waals surface area contributed by atoms with Crippen molar-refractivity contribution >= 4 is 11.7 Å². The molecule has 3 aliphatic heterocycles. The maximum Gasteiger partial charge on any atom is 0.255 e. The third-order valence-electron chi connectivity index (χ3n) is 6.02. The van der Waals surface area contributed by atoms with Crippen LogP contribution >= 0.6 is 0 Å². The number of ether oxygens (including phenoxy) is 1. The molecule has 134 valence electrons. The van der Waals surface area contributed by atoms with E-state index in [1.165, 1.54) is 0 Å². The van der Waals surface area contributed by atoms with Crippen LogP contribution in [0.1, 0.15) is 42.5 Å². The fourth-order valence-corrected chi connectivity index (χ4v) is 4.27. The van der Waals surface area contributed by atoms with Crippen molar-refractivity contribution in [1.82, 2.24) is 14.8 Å². The third kappa shape index (κ3) is 2.66. The first kappa shape index (κ1) is 15.4. The number of anilines is 1. The van der Waals surface area contributed by atoms with Crippen LogP contribution in [-0.4, -0.2) is 69.8 Å². The number of fused-ring (bicyclic) bond motifs is 1. The zero-order valence-electron chi connectivity index (χ0n) is 14.3. The van der Waals surface area contributed by atoms with E-state index < -0.39 is 0 Å². The van der Waals surface area contributed by atoms with Gasteiger partial charge < -0.3 is 20.1 Å². The lowest BCUT2D eigenvalue weighted by Gasteiger charge is -2.28. The zero-order valence-corrected chi connectivity index (χ0v) is 14.3. The van der Waals surface area contributed by atoms with Gasteiger partial charge in [0.2, 0.25) is 0 Å². The van der Waals surface area contributed by atoms with Crippen LogP contribution in [0.15, 0.2) is 12.3 Å². The van der Waals surface area contributed by atoms with Crippen molar-refractivity contribution in [3.63, 3.8) is 0 Å². The molecule has 2 N–H and O–H groups in total. The second-order valence-electron chi connectivity index (χ2n) is 7.82. The van der Waals surface area contributed by atoms with Gasteiger partial charge in [0.15, 0.2) is 11.6 Å². The summed E-state index contributed by atoms with van der Waals surface area (Å²) in [5, 5.41) is 13.5. The molecule has 1 saturated carbocycles. The number of aliphatic hydroxyl groups is 1. The van der Waals surface area contributed by atoms with Gasteiger partial charge in [0.1, 0.15) is 12.8 Å². The molecule has 1 aromatic heterocycles. The number of nitrogens with zero attached hydrogens (tertiary/aromatic N) is 3. The molecule has 0 bridgehead atoms. The highest BCUT2D eigenvalue weighted by atomic mass is 16.5. The van der Waals surface area contributed by atoms with Gasteiger partial charge >= 0.3 is 0 Å². The number of nitrogens with one attached hydrogen (secondary N) is 1. The van der Waals surface area contributed by atoms with Crippen LogP contribution in [0.3, 0.4) is 0 Å². The van der Waals surface area contributed by atoms with Gasteiger partial charge in [-0.15, -0.1) is 0 Å². The molecule has 3 fully saturated rings. The minimum absolute atomic E-state index is 0.00166. The minimum Gasteiger partial charge on any atom is -0.487 e. The first-order valence-electron chi connectivity index (χ1n) is 9.28. The number of pyridine rings is 1. The number of amides is 1. The van der Waals surface area contributed by atoms with Gasteiger partial charge in [0.25, 0.3) is 5.91 Å². The Labute approximate surface area is 147 Å². The number of hydrogen-bond donors (Lipinski definition) is 2. The van der Waals surface area contributed by atoms with Crippen molar-refractivity contribution in [2.45, 2.75) is 49.9 Å². The molecule has 0 aromatic carbocycles. The van der Waals surface area contributed by atoms with E-state index in [9.17, 15) is 9.90 Å². The Bertz CT molecular complexity index is 706. The largest absolute Gasteiger partial charge is 0.487 e. The molecule has 7 nitrogen and oxygen atoms in total. The Morgan fingerprint density at radius 3 is 3.00 bits per heavy atom. The van der Waals surface area contributed by atoms with E-state index in [0.29, 0.717) is 24.5 Å². The summed E-state index contributed by atoms with van der Waals surface area (Å²) in [4.78, 5) is 21.3. The Balaban J connectivity index is 1.28. The smallest absolute Gasteiger partial charge is 0.255 e.